The summed E-state index contributed by atoms with van der Waals surface area (Å²) in [7, 11) is 0. The van der Waals surface area contributed by atoms with Crippen molar-refractivity contribution in [2.24, 2.45) is 0 Å². The number of carbonyl (C=O) groups excluding carboxylic acids is 1. The number of carbonyl (C=O) groups is 1. The first-order valence-corrected chi connectivity index (χ1v) is 7.36. The van der Waals surface area contributed by atoms with E-state index in [1.165, 1.54) is 0 Å². The van der Waals surface area contributed by atoms with Crippen molar-refractivity contribution in [1.82, 2.24) is 5.16 Å². The molecule has 0 aliphatic carbocycles. The number of nitrogens with one attached hydrogen (secondary N) is 1. The molecule has 0 bridgehead atoms. The Bertz CT molecular complexity index is 678. The highest BCUT2D eigenvalue weighted by atomic mass is 35.5. The standard InChI is InChI=1S/C15H16Cl2N2O3/c1-15(2,3)12-7-14(22-19-12)18-13(20)8-21-11-5-4-9(16)6-10(11)17/h4-7H,8H2,1-3H3,(H,18,20). The molecule has 0 spiro atoms. The van der Waals surface area contributed by atoms with Crippen molar-refractivity contribution in [3.63, 3.8) is 0 Å². The number of ether oxygens (including phenoxy) is 1. The first kappa shape index (κ1) is 16.6. The van der Waals surface area contributed by atoms with Crippen LogP contribution in [0, 0.1) is 0 Å². The van der Waals surface area contributed by atoms with Gasteiger partial charge in [0.2, 0.25) is 5.88 Å². The lowest BCUT2D eigenvalue weighted by atomic mass is 9.92. The van der Waals surface area contributed by atoms with Gasteiger partial charge in [-0.3, -0.25) is 10.1 Å². The average molecular weight is 343 g/mol. The molecule has 0 unspecified atom stereocenters. The zero-order valence-electron chi connectivity index (χ0n) is 12.4. The van der Waals surface area contributed by atoms with E-state index in [-0.39, 0.29) is 23.8 Å². The first-order valence-electron chi connectivity index (χ1n) is 6.60. The zero-order valence-corrected chi connectivity index (χ0v) is 14.0. The summed E-state index contributed by atoms with van der Waals surface area (Å²) in [6.45, 7) is 5.80. The highest BCUT2D eigenvalue weighted by molar-refractivity contribution is 6.35. The van der Waals surface area contributed by atoms with Gasteiger partial charge in [-0.15, -0.1) is 0 Å². The van der Waals surface area contributed by atoms with E-state index in [4.69, 9.17) is 32.5 Å². The summed E-state index contributed by atoms with van der Waals surface area (Å²) in [5, 5.41) is 7.33. The molecule has 0 aliphatic heterocycles. The minimum atomic E-state index is -0.373. The Balaban J connectivity index is 1.92. The van der Waals surface area contributed by atoms with Crippen LogP contribution in [0.1, 0.15) is 26.5 Å². The first-order chi connectivity index (χ1) is 10.3. The fourth-order valence-electron chi connectivity index (χ4n) is 1.60. The third-order valence-electron chi connectivity index (χ3n) is 2.79. The lowest BCUT2D eigenvalue weighted by Crippen LogP contribution is -2.20. The second-order valence-electron chi connectivity index (χ2n) is 5.74. The highest BCUT2D eigenvalue weighted by Gasteiger charge is 2.19. The number of rotatable bonds is 4. The van der Waals surface area contributed by atoms with Crippen molar-refractivity contribution in [2.75, 3.05) is 11.9 Å². The Morgan fingerprint density at radius 2 is 2.05 bits per heavy atom. The Labute approximate surface area is 138 Å². The number of amides is 1. The molecule has 7 heteroatoms. The van der Waals surface area contributed by atoms with E-state index in [1.807, 2.05) is 20.8 Å². The van der Waals surface area contributed by atoms with Gasteiger partial charge in [-0.25, -0.2) is 0 Å². The minimum Gasteiger partial charge on any atom is -0.482 e. The quantitative estimate of drug-likeness (QED) is 0.899. The Hall–Kier alpha value is -1.72. The number of benzene rings is 1. The number of aromatic nitrogens is 1. The molecule has 1 amide bonds. The lowest BCUT2D eigenvalue weighted by molar-refractivity contribution is -0.118. The van der Waals surface area contributed by atoms with Crippen molar-refractivity contribution in [3.8, 4) is 5.75 Å². The third kappa shape index (κ3) is 4.39. The van der Waals surface area contributed by atoms with Crippen LogP contribution in [0.5, 0.6) is 5.75 Å². The van der Waals surface area contributed by atoms with Crippen molar-refractivity contribution >= 4 is 35.0 Å². The summed E-state index contributed by atoms with van der Waals surface area (Å²) < 4.78 is 10.4. The van der Waals surface area contributed by atoms with Gasteiger partial charge in [0.05, 0.1) is 10.7 Å². The van der Waals surface area contributed by atoms with E-state index < -0.39 is 0 Å². The van der Waals surface area contributed by atoms with Crippen molar-refractivity contribution in [2.45, 2.75) is 26.2 Å². The van der Waals surface area contributed by atoms with Crippen LogP contribution < -0.4 is 10.1 Å². The normalized spacial score (nSPS) is 11.3. The summed E-state index contributed by atoms with van der Waals surface area (Å²) >= 11 is 11.7. The molecule has 1 N–H and O–H groups in total. The molecule has 0 saturated heterocycles. The van der Waals surface area contributed by atoms with E-state index >= 15 is 0 Å². The van der Waals surface area contributed by atoms with Crippen LogP contribution in [0.15, 0.2) is 28.8 Å². The summed E-state index contributed by atoms with van der Waals surface area (Å²) in [5.74, 6) is 0.289. The SMILES string of the molecule is CC(C)(C)c1cc(NC(=O)COc2ccc(Cl)cc2Cl)on1. The second-order valence-corrected chi connectivity index (χ2v) is 6.58. The van der Waals surface area contributed by atoms with Crippen LogP contribution in [0.2, 0.25) is 10.0 Å². The van der Waals surface area contributed by atoms with Crippen LogP contribution in [0.4, 0.5) is 5.88 Å². The molecule has 0 saturated carbocycles. The molecule has 2 aromatic rings. The largest absolute Gasteiger partial charge is 0.482 e. The maximum Gasteiger partial charge on any atom is 0.264 e. The van der Waals surface area contributed by atoms with Gasteiger partial charge in [0.1, 0.15) is 5.75 Å². The number of nitrogens with zero attached hydrogens (tertiary/aromatic N) is 1. The van der Waals surface area contributed by atoms with E-state index in [9.17, 15) is 4.79 Å². The summed E-state index contributed by atoms with van der Waals surface area (Å²) in [6, 6.07) is 6.46. The Morgan fingerprint density at radius 3 is 2.64 bits per heavy atom. The van der Waals surface area contributed by atoms with E-state index in [2.05, 4.69) is 10.5 Å². The summed E-state index contributed by atoms with van der Waals surface area (Å²) in [6.07, 6.45) is 0. The van der Waals surface area contributed by atoms with E-state index in [1.54, 1.807) is 24.3 Å². The molecule has 22 heavy (non-hydrogen) atoms. The molecule has 1 aromatic carbocycles. The van der Waals surface area contributed by atoms with Gasteiger partial charge in [-0.1, -0.05) is 49.1 Å². The molecule has 1 aromatic heterocycles. The fourth-order valence-corrected chi connectivity index (χ4v) is 2.06. The highest BCUT2D eigenvalue weighted by Crippen LogP contribution is 2.27. The molecule has 0 fully saturated rings. The molecule has 5 nitrogen and oxygen atoms in total. The van der Waals surface area contributed by atoms with Gasteiger partial charge in [0.15, 0.2) is 6.61 Å². The Kier molecular flexibility index (Phi) is 4.98. The van der Waals surface area contributed by atoms with Gasteiger partial charge in [0.25, 0.3) is 5.91 Å². The minimum absolute atomic E-state index is 0.153. The monoisotopic (exact) mass is 342 g/mol. The van der Waals surface area contributed by atoms with Gasteiger partial charge in [0, 0.05) is 16.5 Å². The number of anilines is 1. The number of hydrogen-bond donors (Lipinski definition) is 1. The van der Waals surface area contributed by atoms with Crippen molar-refractivity contribution < 1.29 is 14.1 Å². The smallest absolute Gasteiger partial charge is 0.264 e. The number of halogens is 2. The van der Waals surface area contributed by atoms with Crippen LogP contribution in [0.25, 0.3) is 0 Å². The third-order valence-corrected chi connectivity index (χ3v) is 3.32. The molecule has 1 heterocycles. The van der Waals surface area contributed by atoms with Gasteiger partial charge < -0.3 is 9.26 Å². The lowest BCUT2D eigenvalue weighted by Gasteiger charge is -2.12. The van der Waals surface area contributed by atoms with Crippen LogP contribution in [-0.4, -0.2) is 17.7 Å². The molecular formula is C15H16Cl2N2O3. The molecule has 0 aliphatic rings. The molecule has 2 rings (SSSR count). The van der Waals surface area contributed by atoms with Crippen LogP contribution in [-0.2, 0) is 10.2 Å². The maximum atomic E-state index is 11.8. The topological polar surface area (TPSA) is 64.4 Å². The van der Waals surface area contributed by atoms with Gasteiger partial charge in [-0.05, 0) is 18.2 Å². The predicted molar refractivity (Wildman–Crippen MR) is 85.8 cm³/mol. The predicted octanol–water partition coefficient (Wildman–Crippen LogP) is 4.30. The van der Waals surface area contributed by atoms with Crippen LogP contribution in [0.3, 0.4) is 0 Å². The van der Waals surface area contributed by atoms with E-state index in [0.717, 1.165) is 5.69 Å². The average Bonchev–Trinajstić information content (AvgIpc) is 2.86. The molecule has 0 radical (unpaired) electrons. The van der Waals surface area contributed by atoms with E-state index in [0.29, 0.717) is 15.8 Å². The van der Waals surface area contributed by atoms with Crippen LogP contribution >= 0.6 is 23.2 Å². The van der Waals surface area contributed by atoms with Gasteiger partial charge in [-0.2, -0.15) is 0 Å². The number of hydrogen-bond acceptors (Lipinski definition) is 4. The molecular weight excluding hydrogens is 327 g/mol. The maximum absolute atomic E-state index is 11.8. The fraction of sp³-hybridized carbons (Fsp3) is 0.333. The van der Waals surface area contributed by atoms with Crippen molar-refractivity contribution in [3.05, 3.63) is 40.0 Å². The van der Waals surface area contributed by atoms with Gasteiger partial charge >= 0.3 is 0 Å². The summed E-state index contributed by atoms with van der Waals surface area (Å²) in [4.78, 5) is 11.8. The molecule has 0 atom stereocenters. The summed E-state index contributed by atoms with van der Waals surface area (Å²) in [5.41, 5.74) is 0.601. The second kappa shape index (κ2) is 6.58. The Morgan fingerprint density at radius 1 is 1.32 bits per heavy atom. The molecule has 118 valence electrons. The van der Waals surface area contributed by atoms with Crippen molar-refractivity contribution in [1.29, 1.82) is 0 Å². The zero-order chi connectivity index (χ0) is 16.3.